The summed E-state index contributed by atoms with van der Waals surface area (Å²) < 4.78 is 13.2. The Morgan fingerprint density at radius 2 is 0.898 bits per heavy atom. The van der Waals surface area contributed by atoms with Crippen LogP contribution in [0.3, 0.4) is 0 Å². The topological polar surface area (TPSA) is 29.5 Å². The second-order valence-corrected chi connectivity index (χ2v) is 12.5. The molecule has 2 heterocycles. The fraction of sp³-hybridized carbons (Fsp3) is 0. The molecule has 0 atom stereocenters. The quantitative estimate of drug-likeness (QED) is 0.190. The summed E-state index contributed by atoms with van der Waals surface area (Å²) in [7, 11) is 0. The molecule has 0 radical (unpaired) electrons. The highest BCUT2D eigenvalue weighted by Gasteiger charge is 2.21. The molecular weight excluding hydrogens is 599 g/mol. The van der Waals surface area contributed by atoms with Crippen molar-refractivity contribution >= 4 is 71.7 Å². The number of rotatable bonds is 5. The van der Waals surface area contributed by atoms with Crippen LogP contribution in [0.4, 0.5) is 17.1 Å². The molecule has 0 unspecified atom stereocenters. The van der Waals surface area contributed by atoms with Crippen LogP contribution >= 0.6 is 0 Å². The summed E-state index contributed by atoms with van der Waals surface area (Å²) in [6.07, 6.45) is 0. The summed E-state index contributed by atoms with van der Waals surface area (Å²) in [5.41, 5.74) is 11.2. The molecule has 0 fully saturated rings. The zero-order valence-corrected chi connectivity index (χ0v) is 26.5. The third-order valence-corrected chi connectivity index (χ3v) is 9.68. The Labute approximate surface area is 282 Å². The molecule has 0 spiro atoms. The van der Waals surface area contributed by atoms with Crippen molar-refractivity contribution < 1.29 is 8.83 Å². The van der Waals surface area contributed by atoms with Crippen molar-refractivity contribution in [3.05, 3.63) is 176 Å². The minimum absolute atomic E-state index is 0.846. The summed E-state index contributed by atoms with van der Waals surface area (Å²) in [6, 6.07) is 61.9. The molecule has 2 aromatic heterocycles. The van der Waals surface area contributed by atoms with Gasteiger partial charge in [0.1, 0.15) is 16.7 Å². The molecular formula is C46H29NO2. The van der Waals surface area contributed by atoms with Gasteiger partial charge in [0.15, 0.2) is 5.58 Å². The molecule has 0 N–H and O–H groups in total. The molecule has 10 rings (SSSR count). The lowest BCUT2D eigenvalue weighted by molar-refractivity contribution is 0.668. The maximum Gasteiger partial charge on any atom is 0.159 e. The highest BCUT2D eigenvalue weighted by Crippen LogP contribution is 2.45. The lowest BCUT2D eigenvalue weighted by Gasteiger charge is -2.25. The van der Waals surface area contributed by atoms with Crippen LogP contribution in [0.25, 0.3) is 76.9 Å². The summed E-state index contributed by atoms with van der Waals surface area (Å²) in [4.78, 5) is 2.28. The van der Waals surface area contributed by atoms with Crippen molar-refractivity contribution in [1.29, 1.82) is 0 Å². The number of para-hydroxylation sites is 2. The molecule has 0 amide bonds. The smallest absolute Gasteiger partial charge is 0.159 e. The van der Waals surface area contributed by atoms with E-state index in [2.05, 4.69) is 163 Å². The lowest BCUT2D eigenvalue weighted by Crippen LogP contribution is -2.10. The maximum absolute atomic E-state index is 6.83. The number of hydrogen-bond acceptors (Lipinski definition) is 3. The van der Waals surface area contributed by atoms with Gasteiger partial charge in [-0.1, -0.05) is 127 Å². The van der Waals surface area contributed by atoms with Gasteiger partial charge in [0.25, 0.3) is 0 Å². The van der Waals surface area contributed by atoms with Gasteiger partial charge in [0.05, 0.1) is 11.4 Å². The van der Waals surface area contributed by atoms with Gasteiger partial charge in [-0.05, 0) is 70.1 Å². The normalized spacial score (nSPS) is 11.7. The molecule has 0 saturated carbocycles. The molecule has 0 aliphatic carbocycles. The van der Waals surface area contributed by atoms with E-state index in [0.717, 1.165) is 77.3 Å². The van der Waals surface area contributed by atoms with Gasteiger partial charge in [-0.25, -0.2) is 0 Å². The molecule has 3 heteroatoms. The molecule has 230 valence electrons. The second-order valence-electron chi connectivity index (χ2n) is 12.5. The zero-order chi connectivity index (χ0) is 32.3. The van der Waals surface area contributed by atoms with E-state index in [1.165, 1.54) is 16.7 Å². The number of nitrogens with zero attached hydrogens (tertiary/aromatic N) is 1. The number of benzene rings is 8. The minimum atomic E-state index is 0.846. The first-order valence-corrected chi connectivity index (χ1v) is 16.6. The first-order valence-electron chi connectivity index (χ1n) is 16.6. The molecule has 0 aliphatic heterocycles. The van der Waals surface area contributed by atoms with E-state index in [1.54, 1.807) is 0 Å². The Kier molecular flexibility index (Phi) is 6.18. The summed E-state index contributed by atoms with van der Waals surface area (Å²) in [6.45, 7) is 0. The molecule has 49 heavy (non-hydrogen) atoms. The Morgan fingerprint density at radius 3 is 1.69 bits per heavy atom. The maximum atomic E-state index is 6.83. The molecule has 10 aromatic rings. The van der Waals surface area contributed by atoms with E-state index in [0.29, 0.717) is 0 Å². The van der Waals surface area contributed by atoms with Gasteiger partial charge in [-0.2, -0.15) is 0 Å². The number of fused-ring (bicyclic) bond motifs is 8. The number of furan rings is 2. The zero-order valence-electron chi connectivity index (χ0n) is 26.5. The Morgan fingerprint density at radius 1 is 0.327 bits per heavy atom. The molecule has 3 nitrogen and oxygen atoms in total. The van der Waals surface area contributed by atoms with E-state index in [-0.39, 0.29) is 0 Å². The highest BCUT2D eigenvalue weighted by atomic mass is 16.3. The van der Waals surface area contributed by atoms with E-state index in [1.807, 2.05) is 18.2 Å². The Balaban J connectivity index is 1.13. The van der Waals surface area contributed by atoms with Crippen molar-refractivity contribution in [2.24, 2.45) is 0 Å². The molecule has 0 saturated heterocycles. The number of anilines is 3. The van der Waals surface area contributed by atoms with Crippen molar-refractivity contribution in [1.82, 2.24) is 0 Å². The summed E-state index contributed by atoms with van der Waals surface area (Å²) >= 11 is 0. The minimum Gasteiger partial charge on any atom is -0.456 e. The van der Waals surface area contributed by atoms with Crippen molar-refractivity contribution in [2.45, 2.75) is 0 Å². The standard InChI is InChI=1S/C46H29NO2/c1-2-9-30(10-3-1)31-17-19-32(20-18-31)33-21-24-35(25-22-33)47(36-26-28-39-38-13-6-7-16-43(38)48-44(39)29-36)42-15-8-14-40-41-27-23-34-11-4-5-12-37(34)45(41)49-46(40)42/h1-29H. The van der Waals surface area contributed by atoms with Crippen molar-refractivity contribution in [3.8, 4) is 22.3 Å². The summed E-state index contributed by atoms with van der Waals surface area (Å²) in [5.74, 6) is 0. The summed E-state index contributed by atoms with van der Waals surface area (Å²) in [5, 5.41) is 6.68. The average molecular weight is 628 g/mol. The third-order valence-electron chi connectivity index (χ3n) is 9.68. The van der Waals surface area contributed by atoms with E-state index < -0.39 is 0 Å². The SMILES string of the molecule is c1ccc(-c2ccc(-c3ccc(N(c4ccc5c(c4)oc4ccccc45)c4cccc5c4oc4c6ccccc6ccc54)cc3)cc2)cc1. The predicted molar refractivity (Wildman–Crippen MR) is 204 cm³/mol. The van der Waals surface area contributed by atoms with E-state index >= 15 is 0 Å². The van der Waals surface area contributed by atoms with Crippen LogP contribution in [0.2, 0.25) is 0 Å². The van der Waals surface area contributed by atoms with Gasteiger partial charge >= 0.3 is 0 Å². The van der Waals surface area contributed by atoms with E-state index in [4.69, 9.17) is 8.83 Å². The van der Waals surface area contributed by atoms with Crippen LogP contribution in [-0.2, 0) is 0 Å². The van der Waals surface area contributed by atoms with Gasteiger partial charge in [0.2, 0.25) is 0 Å². The molecule has 0 bridgehead atoms. The Hall–Kier alpha value is -6.58. The van der Waals surface area contributed by atoms with Crippen LogP contribution in [0, 0.1) is 0 Å². The third kappa shape index (κ3) is 4.51. The van der Waals surface area contributed by atoms with Crippen LogP contribution in [0.5, 0.6) is 0 Å². The predicted octanol–water partition coefficient (Wildman–Crippen LogP) is 13.4. The largest absolute Gasteiger partial charge is 0.456 e. The highest BCUT2D eigenvalue weighted by molar-refractivity contribution is 6.17. The second kappa shape index (κ2) is 11.0. The average Bonchev–Trinajstić information content (AvgIpc) is 3.75. The first-order chi connectivity index (χ1) is 24.3. The number of hydrogen-bond donors (Lipinski definition) is 0. The van der Waals surface area contributed by atoms with Crippen molar-refractivity contribution in [2.75, 3.05) is 4.90 Å². The van der Waals surface area contributed by atoms with Crippen LogP contribution in [0.15, 0.2) is 185 Å². The molecule has 8 aromatic carbocycles. The van der Waals surface area contributed by atoms with Gasteiger partial charge < -0.3 is 13.7 Å². The van der Waals surface area contributed by atoms with Gasteiger partial charge in [-0.15, -0.1) is 0 Å². The van der Waals surface area contributed by atoms with Gasteiger partial charge in [0, 0.05) is 38.7 Å². The lowest BCUT2D eigenvalue weighted by atomic mass is 10.00. The van der Waals surface area contributed by atoms with Crippen LogP contribution < -0.4 is 4.90 Å². The first kappa shape index (κ1) is 27.5. The van der Waals surface area contributed by atoms with E-state index in [9.17, 15) is 0 Å². The van der Waals surface area contributed by atoms with Crippen LogP contribution in [-0.4, -0.2) is 0 Å². The van der Waals surface area contributed by atoms with Crippen molar-refractivity contribution in [3.63, 3.8) is 0 Å². The monoisotopic (exact) mass is 627 g/mol. The van der Waals surface area contributed by atoms with Crippen LogP contribution in [0.1, 0.15) is 0 Å². The Bertz CT molecular complexity index is 2810. The van der Waals surface area contributed by atoms with Gasteiger partial charge in [-0.3, -0.25) is 0 Å². The fourth-order valence-corrected chi connectivity index (χ4v) is 7.26. The fourth-order valence-electron chi connectivity index (χ4n) is 7.26. The molecule has 0 aliphatic rings.